The number of aliphatic hydroxyl groups is 3. The zero-order valence-electron chi connectivity index (χ0n) is 18.3. The fraction of sp³-hybridized carbons (Fsp3) is 0.958. The number of carboxylic acid groups (broad SMARTS) is 1. The molecule has 0 aromatic carbocycles. The number of aliphatic carboxylic acids is 1. The van der Waals surface area contributed by atoms with Gasteiger partial charge in [-0.15, -0.1) is 0 Å². The van der Waals surface area contributed by atoms with E-state index in [1.807, 2.05) is 0 Å². The summed E-state index contributed by atoms with van der Waals surface area (Å²) in [6.07, 6.45) is 6.00. The minimum Gasteiger partial charge on any atom is -0.481 e. The van der Waals surface area contributed by atoms with Crippen molar-refractivity contribution < 1.29 is 25.2 Å². The number of carbonyl (C=O) groups is 1. The largest absolute Gasteiger partial charge is 0.481 e. The fourth-order valence-corrected chi connectivity index (χ4v) is 8.68. The number of hydrogen-bond acceptors (Lipinski definition) is 4. The van der Waals surface area contributed by atoms with Crippen LogP contribution in [-0.2, 0) is 4.79 Å². The molecule has 0 saturated heterocycles. The van der Waals surface area contributed by atoms with Crippen LogP contribution in [0.25, 0.3) is 0 Å². The van der Waals surface area contributed by atoms with Gasteiger partial charge in [-0.25, -0.2) is 0 Å². The second kappa shape index (κ2) is 7.49. The van der Waals surface area contributed by atoms with Crippen molar-refractivity contribution >= 4 is 5.97 Å². The zero-order valence-corrected chi connectivity index (χ0v) is 18.3. The van der Waals surface area contributed by atoms with Crippen molar-refractivity contribution in [3.05, 3.63) is 0 Å². The maximum atomic E-state index is 11.5. The van der Waals surface area contributed by atoms with Crippen LogP contribution in [0.4, 0.5) is 0 Å². The zero-order chi connectivity index (χ0) is 21.1. The van der Waals surface area contributed by atoms with Crippen LogP contribution < -0.4 is 0 Å². The highest BCUT2D eigenvalue weighted by molar-refractivity contribution is 5.66. The van der Waals surface area contributed by atoms with Crippen LogP contribution in [0.1, 0.15) is 78.6 Å². The van der Waals surface area contributed by atoms with Crippen LogP contribution in [0, 0.1) is 46.3 Å². The maximum Gasteiger partial charge on any atom is 0.303 e. The highest BCUT2D eigenvalue weighted by Gasteiger charge is 2.65. The van der Waals surface area contributed by atoms with E-state index in [4.69, 9.17) is 5.11 Å². The second-order valence-corrected chi connectivity index (χ2v) is 11.4. The molecule has 5 nitrogen and oxygen atoms in total. The third-order valence-electron chi connectivity index (χ3n) is 10.3. The van der Waals surface area contributed by atoms with E-state index in [1.165, 1.54) is 0 Å². The molecule has 4 N–H and O–H groups in total. The fourth-order valence-electron chi connectivity index (χ4n) is 8.68. The van der Waals surface area contributed by atoms with Crippen LogP contribution >= 0.6 is 0 Å². The Hall–Kier alpha value is -0.650. The minimum atomic E-state index is -0.748. The number of fused-ring (bicyclic) bond motifs is 5. The third kappa shape index (κ3) is 3.27. The summed E-state index contributed by atoms with van der Waals surface area (Å²) in [7, 11) is 0. The van der Waals surface area contributed by atoms with Crippen molar-refractivity contribution in [2.75, 3.05) is 0 Å². The first-order valence-corrected chi connectivity index (χ1v) is 11.8. The molecule has 11 atom stereocenters. The van der Waals surface area contributed by atoms with E-state index in [-0.39, 0.29) is 41.3 Å². The summed E-state index contributed by atoms with van der Waals surface area (Å²) in [6.45, 7) is 6.72. The quantitative estimate of drug-likeness (QED) is 0.571. The monoisotopic (exact) mass is 408 g/mol. The normalized spacial score (nSPS) is 52.9. The Balaban J connectivity index is 1.61. The van der Waals surface area contributed by atoms with Crippen LogP contribution in [0.2, 0.25) is 0 Å². The molecule has 0 aromatic rings. The lowest BCUT2D eigenvalue weighted by Gasteiger charge is -2.63. The van der Waals surface area contributed by atoms with E-state index in [0.29, 0.717) is 30.1 Å². The summed E-state index contributed by atoms with van der Waals surface area (Å²) in [5.41, 5.74) is -0.143. The Morgan fingerprint density at radius 3 is 2.45 bits per heavy atom. The highest BCUT2D eigenvalue weighted by atomic mass is 16.4. The van der Waals surface area contributed by atoms with Gasteiger partial charge in [0.05, 0.1) is 18.3 Å². The Kier molecular flexibility index (Phi) is 5.57. The standard InChI is InChI=1S/C24H40O5/c1-13(4-7-21(28)29)16-5-6-17-22-18(12-20(27)24(16,17)3)23(2)9-8-15(25)10-14(23)11-19(22)26/h13-20,22,25-27H,4-12H2,1-3H3,(H,28,29)/t13-,14-,15-,16-,17+,18+,19+,20-,22+,23+,24-/m1/s1. The van der Waals surface area contributed by atoms with Gasteiger partial charge in [-0.3, -0.25) is 4.79 Å². The molecule has 29 heavy (non-hydrogen) atoms. The van der Waals surface area contributed by atoms with Gasteiger partial charge in [0.15, 0.2) is 0 Å². The SMILES string of the molecule is C[C@H](CCC(=O)O)[C@H]1CC[C@H]2[C@@H]3[C@@H](O)C[C@H]4C[C@H](O)CC[C@]4(C)[C@H]3C[C@@H](O)[C@]12C. The number of aliphatic hydroxyl groups excluding tert-OH is 3. The molecule has 0 aliphatic heterocycles. The summed E-state index contributed by atoms with van der Waals surface area (Å²) in [5, 5.41) is 42.0. The van der Waals surface area contributed by atoms with Crippen molar-refractivity contribution in [2.45, 2.75) is 96.9 Å². The third-order valence-corrected chi connectivity index (χ3v) is 10.3. The molecule has 4 aliphatic carbocycles. The lowest BCUT2D eigenvalue weighted by molar-refractivity contribution is -0.207. The Morgan fingerprint density at radius 2 is 1.76 bits per heavy atom. The molecule has 0 unspecified atom stereocenters. The van der Waals surface area contributed by atoms with Gasteiger partial charge < -0.3 is 20.4 Å². The van der Waals surface area contributed by atoms with Crippen LogP contribution in [0.15, 0.2) is 0 Å². The molecule has 4 saturated carbocycles. The first kappa shape index (κ1) is 21.6. The summed E-state index contributed by atoms with van der Waals surface area (Å²) < 4.78 is 0. The van der Waals surface area contributed by atoms with E-state index in [9.17, 15) is 20.1 Å². The van der Waals surface area contributed by atoms with E-state index >= 15 is 0 Å². The highest BCUT2D eigenvalue weighted by Crippen LogP contribution is 2.68. The van der Waals surface area contributed by atoms with Crippen LogP contribution in [-0.4, -0.2) is 44.7 Å². The first-order valence-electron chi connectivity index (χ1n) is 11.8. The predicted octanol–water partition coefficient (Wildman–Crippen LogP) is 3.45. The van der Waals surface area contributed by atoms with Crippen molar-refractivity contribution in [3.63, 3.8) is 0 Å². The summed E-state index contributed by atoms with van der Waals surface area (Å²) in [6, 6.07) is 0. The molecule has 4 fully saturated rings. The molecule has 0 aromatic heterocycles. The van der Waals surface area contributed by atoms with E-state index < -0.39 is 12.1 Å². The lowest BCUT2D eigenvalue weighted by Crippen LogP contribution is -2.62. The summed E-state index contributed by atoms with van der Waals surface area (Å²) in [5.74, 6) is 0.997. The van der Waals surface area contributed by atoms with Gasteiger partial charge in [-0.2, -0.15) is 0 Å². The number of hydrogen-bond donors (Lipinski definition) is 4. The van der Waals surface area contributed by atoms with E-state index in [2.05, 4.69) is 20.8 Å². The molecule has 5 heteroatoms. The van der Waals surface area contributed by atoms with Crippen molar-refractivity contribution in [2.24, 2.45) is 46.3 Å². The maximum absolute atomic E-state index is 11.5. The van der Waals surface area contributed by atoms with Gasteiger partial charge in [-0.1, -0.05) is 20.8 Å². The van der Waals surface area contributed by atoms with Gasteiger partial charge >= 0.3 is 5.97 Å². The molecule has 166 valence electrons. The second-order valence-electron chi connectivity index (χ2n) is 11.4. The minimum absolute atomic E-state index is 0.0957. The smallest absolute Gasteiger partial charge is 0.303 e. The molecule has 4 aliphatic rings. The molecule has 0 bridgehead atoms. The molecule has 4 rings (SSSR count). The molecular weight excluding hydrogens is 368 g/mol. The molecule has 0 spiro atoms. The Labute approximate surface area is 174 Å². The van der Waals surface area contributed by atoms with Crippen molar-refractivity contribution in [1.29, 1.82) is 0 Å². The first-order chi connectivity index (χ1) is 13.6. The van der Waals surface area contributed by atoms with Gasteiger partial charge in [0.25, 0.3) is 0 Å². The van der Waals surface area contributed by atoms with Crippen LogP contribution in [0.5, 0.6) is 0 Å². The molecule has 0 amide bonds. The van der Waals surface area contributed by atoms with Gasteiger partial charge in [-0.05, 0) is 97.7 Å². The van der Waals surface area contributed by atoms with Crippen molar-refractivity contribution in [3.8, 4) is 0 Å². The van der Waals surface area contributed by atoms with E-state index in [1.54, 1.807) is 0 Å². The average molecular weight is 409 g/mol. The predicted molar refractivity (Wildman–Crippen MR) is 110 cm³/mol. The lowest BCUT2D eigenvalue weighted by atomic mass is 9.43. The molecule has 0 heterocycles. The Morgan fingerprint density at radius 1 is 1.03 bits per heavy atom. The van der Waals surface area contributed by atoms with Gasteiger partial charge in [0, 0.05) is 6.42 Å². The van der Waals surface area contributed by atoms with Gasteiger partial charge in [0.2, 0.25) is 0 Å². The van der Waals surface area contributed by atoms with Gasteiger partial charge in [0.1, 0.15) is 0 Å². The van der Waals surface area contributed by atoms with Crippen LogP contribution in [0.3, 0.4) is 0 Å². The summed E-state index contributed by atoms with van der Waals surface area (Å²) >= 11 is 0. The van der Waals surface area contributed by atoms with E-state index in [0.717, 1.165) is 44.9 Å². The number of rotatable bonds is 4. The molecular formula is C24H40O5. The average Bonchev–Trinajstić information content (AvgIpc) is 3.01. The topological polar surface area (TPSA) is 98.0 Å². The number of carboxylic acids is 1. The van der Waals surface area contributed by atoms with Crippen molar-refractivity contribution in [1.82, 2.24) is 0 Å². The Bertz CT molecular complexity index is 637. The summed E-state index contributed by atoms with van der Waals surface area (Å²) in [4.78, 5) is 11.1. The molecule has 0 radical (unpaired) electrons.